The molecule has 2 saturated heterocycles. The van der Waals surface area contributed by atoms with E-state index in [1.165, 1.54) is 67.8 Å². The molecule has 5 N–H and O–H groups in total. The van der Waals surface area contributed by atoms with Crippen LogP contribution in [0.4, 0.5) is 19.3 Å². The van der Waals surface area contributed by atoms with E-state index in [1.54, 1.807) is 34.1 Å². The van der Waals surface area contributed by atoms with Crippen molar-refractivity contribution in [3.63, 3.8) is 0 Å². The topological polar surface area (TPSA) is 184 Å². The van der Waals surface area contributed by atoms with Crippen molar-refractivity contribution in [2.75, 3.05) is 51.8 Å². The zero-order chi connectivity index (χ0) is 43.4. The van der Waals surface area contributed by atoms with Gasteiger partial charge in [0.25, 0.3) is 11.8 Å². The number of benzene rings is 4. The molecule has 13 nitrogen and oxygen atoms in total. The standard InChI is InChI=1S/C22H24ClFN2O4.C21H21ClFN3O4/c1-29-21(28)18-12-16(23)4-7-19(18)30-14-20(27)26-10-8-22(25,9-11-26)13-15-2-5-17(24)6-3-15;22-15-3-6-18(17(11-15)25-21(24)29)30-12-19(27)26-9-7-14(8-10-26)20(28)13-1-4-16(23)5-2-13/h2-7,12H,8-11,13-14,25H2,1H3;1-6,11,14H,7-10,12H2,(H3,24,25,29). The number of nitrogens with zero attached hydrogens (tertiary/aromatic N) is 2. The minimum Gasteiger partial charge on any atom is -0.483 e. The average Bonchev–Trinajstić information content (AvgIpc) is 3.23. The van der Waals surface area contributed by atoms with Crippen LogP contribution in [0, 0.1) is 17.6 Å². The SMILES string of the molecule is COC(=O)c1cc(Cl)ccc1OCC(=O)N1CCC(N)(Cc2ccc(F)cc2)CC1.NC(=O)Nc1cc(Cl)ccc1OCC(=O)N1CCC(C(=O)c2ccc(F)cc2)CC1. The summed E-state index contributed by atoms with van der Waals surface area (Å²) in [5, 5.41) is 3.14. The molecule has 6 rings (SSSR count). The largest absolute Gasteiger partial charge is 0.483 e. The zero-order valence-electron chi connectivity index (χ0n) is 32.8. The number of urea groups is 1. The molecule has 2 aliphatic heterocycles. The number of carbonyl (C=O) groups excluding carboxylic acids is 5. The highest BCUT2D eigenvalue weighted by molar-refractivity contribution is 6.31. The van der Waals surface area contributed by atoms with Crippen molar-refractivity contribution in [3.05, 3.63) is 123 Å². The number of hydrogen-bond donors (Lipinski definition) is 3. The molecule has 318 valence electrons. The highest BCUT2D eigenvalue weighted by Gasteiger charge is 2.33. The first kappa shape index (κ1) is 45.3. The summed E-state index contributed by atoms with van der Waals surface area (Å²) in [4.78, 5) is 63.9. The van der Waals surface area contributed by atoms with E-state index >= 15 is 0 Å². The van der Waals surface area contributed by atoms with Crippen molar-refractivity contribution in [2.24, 2.45) is 17.4 Å². The molecular formula is C43H45Cl2F2N5O8. The second-order valence-corrected chi connectivity index (χ2v) is 15.3. The first-order valence-corrected chi connectivity index (χ1v) is 19.8. The third-order valence-corrected chi connectivity index (χ3v) is 10.6. The van der Waals surface area contributed by atoms with E-state index in [9.17, 15) is 32.8 Å². The van der Waals surface area contributed by atoms with Crippen molar-refractivity contribution >= 4 is 58.5 Å². The normalized spacial score (nSPS) is 14.9. The minimum absolute atomic E-state index is 0.0401. The van der Waals surface area contributed by atoms with Gasteiger partial charge >= 0.3 is 12.0 Å². The number of nitrogens with one attached hydrogen (secondary N) is 1. The number of methoxy groups -OCH3 is 1. The monoisotopic (exact) mass is 867 g/mol. The number of piperidine rings is 2. The number of anilines is 1. The summed E-state index contributed by atoms with van der Waals surface area (Å²) in [6.07, 6.45) is 2.93. The van der Waals surface area contributed by atoms with Crippen molar-refractivity contribution < 1.29 is 47.0 Å². The van der Waals surface area contributed by atoms with Crippen LogP contribution in [0.1, 0.15) is 52.0 Å². The Morgan fingerprint density at radius 2 is 1.27 bits per heavy atom. The molecule has 60 heavy (non-hydrogen) atoms. The highest BCUT2D eigenvalue weighted by Crippen LogP contribution is 2.29. The molecule has 2 aliphatic rings. The van der Waals surface area contributed by atoms with Crippen LogP contribution in [0.2, 0.25) is 10.0 Å². The Bertz CT molecular complexity index is 2160. The van der Waals surface area contributed by atoms with Crippen molar-refractivity contribution in [1.82, 2.24) is 9.80 Å². The fourth-order valence-electron chi connectivity index (χ4n) is 6.85. The number of halogens is 4. The summed E-state index contributed by atoms with van der Waals surface area (Å²) >= 11 is 11.8. The summed E-state index contributed by atoms with van der Waals surface area (Å²) in [6, 6.07) is 20.2. The second kappa shape index (κ2) is 21.0. The number of amides is 4. The van der Waals surface area contributed by atoms with Crippen molar-refractivity contribution in [3.8, 4) is 11.5 Å². The van der Waals surface area contributed by atoms with Crippen LogP contribution in [-0.4, -0.2) is 91.4 Å². The molecule has 0 radical (unpaired) electrons. The molecule has 4 aromatic carbocycles. The fourth-order valence-corrected chi connectivity index (χ4v) is 7.19. The van der Waals surface area contributed by atoms with E-state index < -0.39 is 17.5 Å². The number of likely N-dealkylation sites (tertiary alicyclic amines) is 2. The summed E-state index contributed by atoms with van der Waals surface area (Å²) in [7, 11) is 1.26. The van der Waals surface area contributed by atoms with Crippen LogP contribution in [0.3, 0.4) is 0 Å². The Hall–Kier alpha value is -5.77. The van der Waals surface area contributed by atoms with Gasteiger partial charge in [-0.25, -0.2) is 18.4 Å². The Kier molecular flexibility index (Phi) is 15.8. The molecule has 0 saturated carbocycles. The van der Waals surface area contributed by atoms with Gasteiger partial charge in [0, 0.05) is 53.2 Å². The summed E-state index contributed by atoms with van der Waals surface area (Å²) in [6.45, 7) is 1.42. The van der Waals surface area contributed by atoms with Gasteiger partial charge in [0.05, 0.1) is 12.8 Å². The van der Waals surface area contributed by atoms with E-state index in [2.05, 4.69) is 5.32 Å². The van der Waals surface area contributed by atoms with E-state index in [4.69, 9.17) is 48.9 Å². The van der Waals surface area contributed by atoms with Gasteiger partial charge < -0.3 is 40.8 Å². The molecule has 0 aromatic heterocycles. The van der Waals surface area contributed by atoms with Gasteiger partial charge in [0.1, 0.15) is 28.7 Å². The van der Waals surface area contributed by atoms with Gasteiger partial charge in [-0.15, -0.1) is 0 Å². The van der Waals surface area contributed by atoms with Gasteiger partial charge in [-0.3, -0.25) is 14.4 Å². The Morgan fingerprint density at radius 1 is 0.750 bits per heavy atom. The predicted octanol–water partition coefficient (Wildman–Crippen LogP) is 6.68. The van der Waals surface area contributed by atoms with Crippen LogP contribution < -0.4 is 26.3 Å². The van der Waals surface area contributed by atoms with Crippen LogP contribution in [0.5, 0.6) is 11.5 Å². The van der Waals surface area contributed by atoms with Gasteiger partial charge in [-0.05, 0) is 110 Å². The third-order valence-electron chi connectivity index (χ3n) is 10.2. The fraction of sp³-hybridized carbons (Fsp3) is 0.326. The molecule has 4 amide bonds. The van der Waals surface area contributed by atoms with Crippen molar-refractivity contribution in [1.29, 1.82) is 0 Å². The number of Topliss-reactive ketones (excluding diaryl/α,β-unsaturated/α-hetero) is 1. The molecular weight excluding hydrogens is 823 g/mol. The maximum absolute atomic E-state index is 13.1. The molecule has 17 heteroatoms. The number of ether oxygens (including phenoxy) is 3. The number of rotatable bonds is 12. The smallest absolute Gasteiger partial charge is 0.341 e. The molecule has 2 fully saturated rings. The van der Waals surface area contributed by atoms with Gasteiger partial charge in [0.2, 0.25) is 0 Å². The lowest BCUT2D eigenvalue weighted by molar-refractivity contribution is -0.135. The van der Waals surface area contributed by atoms with Gasteiger partial charge in [0.15, 0.2) is 19.0 Å². The lowest BCUT2D eigenvalue weighted by atomic mass is 9.83. The first-order valence-electron chi connectivity index (χ1n) is 19.0. The molecule has 4 aromatic rings. The number of nitrogens with two attached hydrogens (primary N) is 2. The van der Waals surface area contributed by atoms with Crippen molar-refractivity contribution in [2.45, 2.75) is 37.6 Å². The van der Waals surface area contributed by atoms with Crippen LogP contribution >= 0.6 is 23.2 Å². The highest BCUT2D eigenvalue weighted by atomic mass is 35.5. The maximum atomic E-state index is 13.1. The molecule has 2 heterocycles. The Labute approximate surface area is 355 Å². The van der Waals surface area contributed by atoms with Crippen LogP contribution in [-0.2, 0) is 20.7 Å². The molecule has 0 bridgehead atoms. The summed E-state index contributed by atoms with van der Waals surface area (Å²) in [5.74, 6) is -1.42. The van der Waals surface area contributed by atoms with Gasteiger partial charge in [-0.1, -0.05) is 35.3 Å². The van der Waals surface area contributed by atoms with E-state index in [0.717, 1.165) is 5.56 Å². The first-order chi connectivity index (χ1) is 28.6. The van der Waals surface area contributed by atoms with Gasteiger partial charge in [-0.2, -0.15) is 0 Å². The quantitative estimate of drug-likeness (QED) is 0.103. The van der Waals surface area contributed by atoms with E-state index in [-0.39, 0.29) is 71.1 Å². The maximum Gasteiger partial charge on any atom is 0.341 e. The molecule has 0 aliphatic carbocycles. The Morgan fingerprint density at radius 3 is 1.83 bits per heavy atom. The molecule has 0 atom stereocenters. The lowest BCUT2D eigenvalue weighted by Crippen LogP contribution is -2.53. The molecule has 0 unspecified atom stereocenters. The number of primary amides is 1. The molecule has 0 spiro atoms. The Balaban J connectivity index is 0.000000228. The van der Waals surface area contributed by atoms with Crippen LogP contribution in [0.15, 0.2) is 84.9 Å². The van der Waals surface area contributed by atoms with Crippen LogP contribution in [0.25, 0.3) is 0 Å². The summed E-state index contributed by atoms with van der Waals surface area (Å²) in [5.41, 5.74) is 13.1. The predicted molar refractivity (Wildman–Crippen MR) is 221 cm³/mol. The number of ketones is 1. The van der Waals surface area contributed by atoms with E-state index in [1.807, 2.05) is 0 Å². The third kappa shape index (κ3) is 12.9. The van der Waals surface area contributed by atoms with E-state index in [0.29, 0.717) is 73.9 Å². The number of carbonyl (C=O) groups is 5. The number of hydrogen-bond acceptors (Lipinski definition) is 9. The summed E-state index contributed by atoms with van der Waals surface area (Å²) < 4.78 is 42.0. The average molecular weight is 869 g/mol. The lowest BCUT2D eigenvalue weighted by Gasteiger charge is -2.39. The second-order valence-electron chi connectivity index (χ2n) is 14.4. The minimum atomic E-state index is -0.777. The zero-order valence-corrected chi connectivity index (χ0v) is 34.3. The number of esters is 1.